The summed E-state index contributed by atoms with van der Waals surface area (Å²) in [6, 6.07) is 5.37. The summed E-state index contributed by atoms with van der Waals surface area (Å²) >= 11 is 0. The topological polar surface area (TPSA) is 46.9 Å². The van der Waals surface area contributed by atoms with Gasteiger partial charge >= 0.3 is 0 Å². The molecule has 0 atom stereocenters. The molecule has 0 bridgehead atoms. The van der Waals surface area contributed by atoms with Crippen LogP contribution in [0.3, 0.4) is 0 Å². The molecule has 1 amide bonds. The molecule has 0 spiro atoms. The van der Waals surface area contributed by atoms with Gasteiger partial charge in [0.15, 0.2) is 0 Å². The number of carbonyl (C=O) groups excluding carboxylic acids is 1. The number of amides is 1. The minimum Gasteiger partial charge on any atom is -0.357 e. The van der Waals surface area contributed by atoms with Crippen molar-refractivity contribution in [3.8, 4) is 0 Å². The normalized spacial score (nSPS) is 9.47. The highest BCUT2D eigenvalue weighted by Gasteiger charge is 2.04. The summed E-state index contributed by atoms with van der Waals surface area (Å²) < 4.78 is 1.95. The number of halogens is 1. The maximum Gasteiger partial charge on any atom is 0.251 e. The lowest BCUT2D eigenvalue weighted by molar-refractivity contribution is 0.0951. The number of aryl methyl sites for hydroxylation is 1. The second-order valence-electron chi connectivity index (χ2n) is 3.60. The van der Waals surface area contributed by atoms with Gasteiger partial charge in [0, 0.05) is 43.9 Å². The quantitative estimate of drug-likeness (QED) is 0.904. The van der Waals surface area contributed by atoms with Crippen LogP contribution >= 0.6 is 12.4 Å². The van der Waals surface area contributed by atoms with Crippen LogP contribution in [0.15, 0.2) is 43.0 Å². The molecule has 2 heterocycles. The zero-order chi connectivity index (χ0) is 11.4. The number of aromatic nitrogens is 2. The van der Waals surface area contributed by atoms with Crippen LogP contribution in [-0.2, 0) is 13.6 Å². The molecule has 17 heavy (non-hydrogen) atoms. The average molecular weight is 252 g/mol. The van der Waals surface area contributed by atoms with Crippen molar-refractivity contribution in [1.82, 2.24) is 14.9 Å². The van der Waals surface area contributed by atoms with Crippen LogP contribution in [0.1, 0.15) is 15.9 Å². The average Bonchev–Trinajstić information content (AvgIpc) is 2.73. The summed E-state index contributed by atoms with van der Waals surface area (Å²) in [7, 11) is 1.95. The van der Waals surface area contributed by atoms with E-state index in [2.05, 4.69) is 10.3 Å². The lowest BCUT2D eigenvalue weighted by atomic mass is 10.2. The summed E-state index contributed by atoms with van der Waals surface area (Å²) in [6.07, 6.45) is 7.15. The molecule has 0 unspecified atom stereocenters. The molecule has 0 fully saturated rings. The van der Waals surface area contributed by atoms with Gasteiger partial charge in [0.05, 0.1) is 0 Å². The molecule has 0 saturated heterocycles. The van der Waals surface area contributed by atoms with Crippen molar-refractivity contribution in [2.45, 2.75) is 6.54 Å². The molecule has 0 aliphatic rings. The number of pyridine rings is 1. The number of nitrogens with one attached hydrogen (secondary N) is 1. The lowest BCUT2D eigenvalue weighted by Crippen LogP contribution is -2.22. The molecular formula is C12H14ClN3O. The molecule has 0 aliphatic heterocycles. The summed E-state index contributed by atoms with van der Waals surface area (Å²) in [5, 5.41) is 2.85. The maximum absolute atomic E-state index is 11.7. The Bertz CT molecular complexity index is 482. The van der Waals surface area contributed by atoms with E-state index in [1.165, 1.54) is 0 Å². The summed E-state index contributed by atoms with van der Waals surface area (Å²) in [5.41, 5.74) is 1.72. The molecule has 90 valence electrons. The predicted octanol–water partition coefficient (Wildman–Crippen LogP) is 1.77. The van der Waals surface area contributed by atoms with E-state index in [-0.39, 0.29) is 18.3 Å². The minimum atomic E-state index is -0.0775. The summed E-state index contributed by atoms with van der Waals surface area (Å²) in [5.74, 6) is -0.0775. The third kappa shape index (κ3) is 3.60. The Morgan fingerprint density at radius 1 is 1.35 bits per heavy atom. The van der Waals surface area contributed by atoms with E-state index in [1.54, 1.807) is 24.5 Å². The molecule has 0 aromatic carbocycles. The van der Waals surface area contributed by atoms with E-state index in [9.17, 15) is 4.79 Å². The van der Waals surface area contributed by atoms with E-state index in [1.807, 2.05) is 30.1 Å². The van der Waals surface area contributed by atoms with Gasteiger partial charge in [-0.15, -0.1) is 12.4 Å². The number of carbonyl (C=O) groups is 1. The third-order valence-electron chi connectivity index (χ3n) is 2.29. The summed E-state index contributed by atoms with van der Waals surface area (Å²) in [4.78, 5) is 15.5. The van der Waals surface area contributed by atoms with Crippen molar-refractivity contribution in [3.63, 3.8) is 0 Å². The van der Waals surface area contributed by atoms with Crippen LogP contribution in [0.4, 0.5) is 0 Å². The second kappa shape index (κ2) is 6.06. The van der Waals surface area contributed by atoms with Gasteiger partial charge in [0.2, 0.25) is 0 Å². The fourth-order valence-corrected chi connectivity index (χ4v) is 1.45. The van der Waals surface area contributed by atoms with Crippen molar-refractivity contribution in [2.24, 2.45) is 7.05 Å². The number of nitrogens with zero attached hydrogens (tertiary/aromatic N) is 2. The molecule has 1 N–H and O–H groups in total. The highest BCUT2D eigenvalue weighted by Crippen LogP contribution is 2.00. The van der Waals surface area contributed by atoms with Gasteiger partial charge in [-0.1, -0.05) is 0 Å². The highest BCUT2D eigenvalue weighted by molar-refractivity contribution is 5.93. The van der Waals surface area contributed by atoms with Gasteiger partial charge in [-0.3, -0.25) is 9.78 Å². The van der Waals surface area contributed by atoms with Crippen LogP contribution in [-0.4, -0.2) is 15.5 Å². The Kier molecular flexibility index (Phi) is 4.72. The number of rotatable bonds is 3. The van der Waals surface area contributed by atoms with Gasteiger partial charge in [-0.2, -0.15) is 0 Å². The van der Waals surface area contributed by atoms with Crippen molar-refractivity contribution in [3.05, 3.63) is 54.1 Å². The van der Waals surface area contributed by atoms with Crippen LogP contribution in [0.5, 0.6) is 0 Å². The van der Waals surface area contributed by atoms with Gasteiger partial charge in [0.25, 0.3) is 5.91 Å². The Balaban J connectivity index is 0.00000144. The smallest absolute Gasteiger partial charge is 0.251 e. The first-order chi connectivity index (χ1) is 7.75. The van der Waals surface area contributed by atoms with Crippen molar-refractivity contribution >= 4 is 18.3 Å². The summed E-state index contributed by atoms with van der Waals surface area (Å²) in [6.45, 7) is 0.544. The fourth-order valence-electron chi connectivity index (χ4n) is 1.45. The lowest BCUT2D eigenvalue weighted by Gasteiger charge is -2.02. The molecule has 5 heteroatoms. The molecule has 2 aromatic heterocycles. The van der Waals surface area contributed by atoms with E-state index < -0.39 is 0 Å². The van der Waals surface area contributed by atoms with Crippen LogP contribution in [0.2, 0.25) is 0 Å². The van der Waals surface area contributed by atoms with E-state index in [0.717, 1.165) is 5.56 Å². The van der Waals surface area contributed by atoms with E-state index >= 15 is 0 Å². The Morgan fingerprint density at radius 3 is 2.65 bits per heavy atom. The second-order valence-corrected chi connectivity index (χ2v) is 3.60. The number of hydrogen-bond acceptors (Lipinski definition) is 2. The largest absolute Gasteiger partial charge is 0.357 e. The van der Waals surface area contributed by atoms with E-state index in [0.29, 0.717) is 12.1 Å². The first-order valence-corrected chi connectivity index (χ1v) is 5.05. The van der Waals surface area contributed by atoms with Gasteiger partial charge in [0.1, 0.15) is 0 Å². The molecule has 4 nitrogen and oxygen atoms in total. The third-order valence-corrected chi connectivity index (χ3v) is 2.29. The van der Waals surface area contributed by atoms with Gasteiger partial charge < -0.3 is 9.88 Å². The van der Waals surface area contributed by atoms with Gasteiger partial charge in [-0.05, 0) is 23.8 Å². The van der Waals surface area contributed by atoms with Crippen LogP contribution < -0.4 is 5.32 Å². The molecule has 2 rings (SSSR count). The number of hydrogen-bond donors (Lipinski definition) is 1. The Labute approximate surface area is 106 Å². The Morgan fingerprint density at radius 2 is 2.06 bits per heavy atom. The first-order valence-electron chi connectivity index (χ1n) is 5.05. The SMILES string of the molecule is Cl.Cn1ccc(CNC(=O)c2ccncc2)c1. The van der Waals surface area contributed by atoms with E-state index in [4.69, 9.17) is 0 Å². The Hall–Kier alpha value is -1.81. The first kappa shape index (κ1) is 13.3. The van der Waals surface area contributed by atoms with Crippen LogP contribution in [0, 0.1) is 0 Å². The minimum absolute atomic E-state index is 0. The highest BCUT2D eigenvalue weighted by atomic mass is 35.5. The predicted molar refractivity (Wildman–Crippen MR) is 68.1 cm³/mol. The van der Waals surface area contributed by atoms with Crippen molar-refractivity contribution in [1.29, 1.82) is 0 Å². The molecule has 0 aliphatic carbocycles. The molecular weight excluding hydrogens is 238 g/mol. The molecule has 0 radical (unpaired) electrons. The maximum atomic E-state index is 11.7. The van der Waals surface area contributed by atoms with Crippen molar-refractivity contribution in [2.75, 3.05) is 0 Å². The standard InChI is InChI=1S/C12H13N3O.ClH/c1-15-7-4-10(9-15)8-14-12(16)11-2-5-13-6-3-11;/h2-7,9H,8H2,1H3,(H,14,16);1H. The van der Waals surface area contributed by atoms with Crippen molar-refractivity contribution < 1.29 is 4.79 Å². The molecule has 2 aromatic rings. The zero-order valence-electron chi connectivity index (χ0n) is 9.46. The van der Waals surface area contributed by atoms with Gasteiger partial charge in [-0.25, -0.2) is 0 Å². The monoisotopic (exact) mass is 251 g/mol. The zero-order valence-corrected chi connectivity index (χ0v) is 10.3. The fraction of sp³-hybridized carbons (Fsp3) is 0.167. The molecule has 0 saturated carbocycles. The van der Waals surface area contributed by atoms with Crippen LogP contribution in [0.25, 0.3) is 0 Å².